The van der Waals surface area contributed by atoms with Gasteiger partial charge in [-0.05, 0) is 50.7 Å². The zero-order valence-corrected chi connectivity index (χ0v) is 10.4. The van der Waals surface area contributed by atoms with Gasteiger partial charge in [0.05, 0.1) is 6.21 Å². The number of nitrogens with two attached hydrogens (primary N) is 1. The molecule has 0 bridgehead atoms. The molecule has 0 fully saturated rings. The molecule has 0 saturated heterocycles. The fraction of sp³-hybridized carbons (Fsp3) is 0. The molecular weight excluding hydrogens is 354 g/mol. The Bertz CT molecular complexity index is 327. The van der Waals surface area contributed by atoms with Crippen molar-refractivity contribution in [2.24, 2.45) is 10.9 Å². The third-order valence-electron chi connectivity index (χ3n) is 1.23. The van der Waals surface area contributed by atoms with Crippen LogP contribution >= 0.6 is 50.1 Å². The Kier molecular flexibility index (Phi) is 3.79. The van der Waals surface area contributed by atoms with Gasteiger partial charge in [0.1, 0.15) is 0 Å². The zero-order chi connectivity index (χ0) is 9.14. The van der Waals surface area contributed by atoms with Crippen LogP contribution in [-0.4, -0.2) is 6.21 Å². The number of hydrogen-bond donors (Lipinski definition) is 1. The van der Waals surface area contributed by atoms with Crippen molar-refractivity contribution in [3.63, 3.8) is 0 Å². The molecular formula is C7H5BrClIN2. The van der Waals surface area contributed by atoms with E-state index in [9.17, 15) is 0 Å². The molecule has 5 heteroatoms. The third kappa shape index (κ3) is 2.34. The van der Waals surface area contributed by atoms with E-state index in [1.807, 2.05) is 6.07 Å². The number of hydrazone groups is 1. The summed E-state index contributed by atoms with van der Waals surface area (Å²) in [5, 5.41) is 4.11. The minimum Gasteiger partial charge on any atom is -0.323 e. The summed E-state index contributed by atoms with van der Waals surface area (Å²) >= 11 is 11.4. The second-order valence-corrected chi connectivity index (χ2v) is 4.46. The lowest BCUT2D eigenvalue weighted by molar-refractivity contribution is 1.26. The van der Waals surface area contributed by atoms with E-state index in [0.717, 1.165) is 13.6 Å². The number of hydrogen-bond acceptors (Lipinski definition) is 2. The molecule has 1 aromatic carbocycles. The lowest BCUT2D eigenvalue weighted by Crippen LogP contribution is -1.90. The molecule has 2 nitrogen and oxygen atoms in total. The summed E-state index contributed by atoms with van der Waals surface area (Å²) in [6.45, 7) is 0. The van der Waals surface area contributed by atoms with E-state index in [-0.39, 0.29) is 0 Å². The lowest BCUT2D eigenvalue weighted by Gasteiger charge is -2.01. The predicted molar refractivity (Wildman–Crippen MR) is 63.7 cm³/mol. The molecule has 0 spiro atoms. The molecule has 0 aliphatic heterocycles. The second-order valence-electron chi connectivity index (χ2n) is 2.07. The highest BCUT2D eigenvalue weighted by atomic mass is 127. The molecule has 12 heavy (non-hydrogen) atoms. The standard InChI is InChI=1S/C7H5BrClIN2/c8-7-4(3-12-11)1-5(9)2-6(7)10/h1-3H,11H2. The molecule has 0 aliphatic carbocycles. The Morgan fingerprint density at radius 3 is 2.83 bits per heavy atom. The van der Waals surface area contributed by atoms with Crippen molar-refractivity contribution in [2.75, 3.05) is 0 Å². The fourth-order valence-corrected chi connectivity index (χ4v) is 2.14. The largest absolute Gasteiger partial charge is 0.323 e. The van der Waals surface area contributed by atoms with Crippen LogP contribution < -0.4 is 5.84 Å². The van der Waals surface area contributed by atoms with Gasteiger partial charge in [-0.15, -0.1) is 0 Å². The molecule has 1 aromatic rings. The first-order chi connectivity index (χ1) is 5.65. The van der Waals surface area contributed by atoms with Gasteiger partial charge in [0.2, 0.25) is 0 Å². The van der Waals surface area contributed by atoms with Crippen LogP contribution in [-0.2, 0) is 0 Å². The molecule has 0 heterocycles. The van der Waals surface area contributed by atoms with Crippen molar-refractivity contribution in [3.05, 3.63) is 30.8 Å². The predicted octanol–water partition coefficient (Wildman–Crippen LogP) is 3.00. The topological polar surface area (TPSA) is 38.4 Å². The van der Waals surface area contributed by atoms with Crippen LogP contribution in [0.2, 0.25) is 5.02 Å². The van der Waals surface area contributed by atoms with Gasteiger partial charge in [0.15, 0.2) is 0 Å². The Hall–Kier alpha value is 0.190. The van der Waals surface area contributed by atoms with Gasteiger partial charge in [-0.3, -0.25) is 0 Å². The summed E-state index contributed by atoms with van der Waals surface area (Å²) in [4.78, 5) is 0. The van der Waals surface area contributed by atoms with Crippen molar-refractivity contribution >= 4 is 56.3 Å². The van der Waals surface area contributed by atoms with Crippen molar-refractivity contribution in [3.8, 4) is 0 Å². The van der Waals surface area contributed by atoms with Gasteiger partial charge < -0.3 is 5.84 Å². The zero-order valence-electron chi connectivity index (χ0n) is 5.89. The molecule has 64 valence electrons. The Morgan fingerprint density at radius 1 is 1.58 bits per heavy atom. The third-order valence-corrected chi connectivity index (χ3v) is 3.93. The normalized spacial score (nSPS) is 10.9. The van der Waals surface area contributed by atoms with Crippen LogP contribution in [0.25, 0.3) is 0 Å². The molecule has 1 rings (SSSR count). The highest BCUT2D eigenvalue weighted by Gasteiger charge is 2.03. The van der Waals surface area contributed by atoms with Crippen LogP contribution in [0.5, 0.6) is 0 Å². The van der Waals surface area contributed by atoms with Gasteiger partial charge in [-0.25, -0.2) is 0 Å². The molecule has 0 radical (unpaired) electrons. The molecule has 0 atom stereocenters. The van der Waals surface area contributed by atoms with E-state index in [4.69, 9.17) is 17.4 Å². The maximum Gasteiger partial charge on any atom is 0.0550 e. The summed E-state index contributed by atoms with van der Waals surface area (Å²) in [7, 11) is 0. The van der Waals surface area contributed by atoms with E-state index in [1.54, 1.807) is 12.3 Å². The molecule has 0 saturated carbocycles. The molecule has 0 aliphatic rings. The van der Waals surface area contributed by atoms with Crippen molar-refractivity contribution < 1.29 is 0 Å². The van der Waals surface area contributed by atoms with E-state index < -0.39 is 0 Å². The Morgan fingerprint density at radius 2 is 2.25 bits per heavy atom. The van der Waals surface area contributed by atoms with Crippen LogP contribution in [0.1, 0.15) is 5.56 Å². The maximum atomic E-state index is 5.83. The average Bonchev–Trinajstić information content (AvgIpc) is 2.00. The van der Waals surface area contributed by atoms with Gasteiger partial charge in [-0.2, -0.15) is 5.10 Å². The Balaban J connectivity index is 3.27. The van der Waals surface area contributed by atoms with Crippen LogP contribution in [0.4, 0.5) is 0 Å². The SMILES string of the molecule is NN=Cc1cc(Cl)cc(I)c1Br. The summed E-state index contributed by atoms with van der Waals surface area (Å²) in [6.07, 6.45) is 1.55. The molecule has 2 N–H and O–H groups in total. The van der Waals surface area contributed by atoms with Crippen LogP contribution in [0.3, 0.4) is 0 Å². The van der Waals surface area contributed by atoms with Gasteiger partial charge in [0.25, 0.3) is 0 Å². The van der Waals surface area contributed by atoms with Crippen LogP contribution in [0, 0.1) is 3.57 Å². The van der Waals surface area contributed by atoms with Gasteiger partial charge in [-0.1, -0.05) is 11.6 Å². The van der Waals surface area contributed by atoms with E-state index in [1.165, 1.54) is 0 Å². The van der Waals surface area contributed by atoms with Crippen molar-refractivity contribution in [1.29, 1.82) is 0 Å². The monoisotopic (exact) mass is 358 g/mol. The molecule has 0 amide bonds. The fourth-order valence-electron chi connectivity index (χ4n) is 0.750. The number of rotatable bonds is 1. The van der Waals surface area contributed by atoms with Gasteiger partial charge >= 0.3 is 0 Å². The van der Waals surface area contributed by atoms with Crippen molar-refractivity contribution in [2.45, 2.75) is 0 Å². The van der Waals surface area contributed by atoms with E-state index in [2.05, 4.69) is 43.6 Å². The first-order valence-corrected chi connectivity index (χ1v) is 5.28. The summed E-state index contributed by atoms with van der Waals surface area (Å²) < 4.78 is 2.00. The van der Waals surface area contributed by atoms with E-state index >= 15 is 0 Å². The highest BCUT2D eigenvalue weighted by molar-refractivity contribution is 14.1. The summed E-state index contributed by atoms with van der Waals surface area (Å²) in [5.41, 5.74) is 0.884. The average molecular weight is 359 g/mol. The van der Waals surface area contributed by atoms with Crippen LogP contribution in [0.15, 0.2) is 21.7 Å². The van der Waals surface area contributed by atoms with Crippen molar-refractivity contribution in [1.82, 2.24) is 0 Å². The minimum atomic E-state index is 0.678. The Labute approximate surface area is 97.4 Å². The first-order valence-electron chi connectivity index (χ1n) is 3.03. The minimum absolute atomic E-state index is 0.678. The highest BCUT2D eigenvalue weighted by Crippen LogP contribution is 2.26. The molecule has 0 unspecified atom stereocenters. The summed E-state index contributed by atoms with van der Waals surface area (Å²) in [5.74, 6) is 5.03. The summed E-state index contributed by atoms with van der Waals surface area (Å²) in [6, 6.07) is 3.66. The second kappa shape index (κ2) is 4.43. The molecule has 0 aromatic heterocycles. The number of halogens is 3. The lowest BCUT2D eigenvalue weighted by atomic mass is 10.2. The number of nitrogens with zero attached hydrogens (tertiary/aromatic N) is 1. The maximum absolute atomic E-state index is 5.83. The van der Waals surface area contributed by atoms with Gasteiger partial charge in [0, 0.05) is 18.6 Å². The quantitative estimate of drug-likeness (QED) is 0.270. The smallest absolute Gasteiger partial charge is 0.0550 e. The first kappa shape index (κ1) is 10.3. The number of benzene rings is 1. The van der Waals surface area contributed by atoms with E-state index in [0.29, 0.717) is 5.02 Å².